The Morgan fingerprint density at radius 3 is 2.30 bits per heavy atom. The number of hydrogen-bond acceptors (Lipinski definition) is 7. The molecule has 5 atom stereocenters. The van der Waals surface area contributed by atoms with E-state index in [0.717, 1.165) is 10.9 Å². The largest absolute Gasteiger partial charge is 0.481 e. The number of aromatic nitrogens is 1. The number of rotatable bonds is 15. The van der Waals surface area contributed by atoms with Crippen molar-refractivity contribution in [3.05, 3.63) is 36.0 Å². The minimum Gasteiger partial charge on any atom is -0.481 e. The first-order chi connectivity index (χ1) is 20.4. The maximum absolute atomic E-state index is 13.8. The molecule has 0 aliphatic carbocycles. The molecule has 0 radical (unpaired) electrons. The summed E-state index contributed by atoms with van der Waals surface area (Å²) in [6, 6.07) is 2.56. The number of likely N-dealkylation sites (N-methyl/N-ethyl adjacent to an activating group) is 1. The SMILES string of the molecule is CN[C@H](C)C(=O)N[C@@H](CC(C)C)C(=O)N[C@H](Cc1c[nH]c2ccccc12)C(=O)N[C@H](CC(=O)O)C(=O)N1CCC[C@H]1C=O. The monoisotopic (exact) mass is 598 g/mol. The quantitative estimate of drug-likeness (QED) is 0.160. The van der Waals surface area contributed by atoms with Crippen LogP contribution in [0.25, 0.3) is 10.9 Å². The van der Waals surface area contributed by atoms with E-state index in [-0.39, 0.29) is 24.8 Å². The fourth-order valence-electron chi connectivity index (χ4n) is 5.19. The van der Waals surface area contributed by atoms with Gasteiger partial charge in [-0.25, -0.2) is 0 Å². The van der Waals surface area contributed by atoms with Crippen molar-refractivity contribution < 1.29 is 33.9 Å². The van der Waals surface area contributed by atoms with Gasteiger partial charge in [0.2, 0.25) is 23.6 Å². The molecule has 1 aliphatic rings. The zero-order chi connectivity index (χ0) is 31.7. The molecule has 234 valence electrons. The molecule has 43 heavy (non-hydrogen) atoms. The summed E-state index contributed by atoms with van der Waals surface area (Å²) in [6.45, 7) is 5.72. The Bertz CT molecular complexity index is 1330. The molecule has 2 aromatic rings. The summed E-state index contributed by atoms with van der Waals surface area (Å²) < 4.78 is 0. The average Bonchev–Trinajstić information content (AvgIpc) is 3.61. The Hall–Kier alpha value is -4.26. The molecular formula is C30H42N6O7. The summed E-state index contributed by atoms with van der Waals surface area (Å²) in [5.41, 5.74) is 1.54. The first-order valence-corrected chi connectivity index (χ1v) is 14.6. The predicted molar refractivity (Wildman–Crippen MR) is 159 cm³/mol. The number of aldehydes is 1. The smallest absolute Gasteiger partial charge is 0.305 e. The number of aromatic amines is 1. The van der Waals surface area contributed by atoms with Gasteiger partial charge in [-0.2, -0.15) is 0 Å². The number of fused-ring (bicyclic) bond motifs is 1. The molecule has 13 heteroatoms. The number of carboxylic acids is 1. The van der Waals surface area contributed by atoms with Crippen molar-refractivity contribution in [2.75, 3.05) is 13.6 Å². The highest BCUT2D eigenvalue weighted by Crippen LogP contribution is 2.21. The van der Waals surface area contributed by atoms with Crippen molar-refractivity contribution in [2.24, 2.45) is 5.92 Å². The molecule has 0 unspecified atom stereocenters. The van der Waals surface area contributed by atoms with Gasteiger partial charge >= 0.3 is 5.97 Å². The maximum Gasteiger partial charge on any atom is 0.305 e. The van der Waals surface area contributed by atoms with Crippen molar-refractivity contribution in [1.29, 1.82) is 0 Å². The van der Waals surface area contributed by atoms with Crippen LogP contribution in [-0.4, -0.2) is 94.7 Å². The second-order valence-corrected chi connectivity index (χ2v) is 11.4. The summed E-state index contributed by atoms with van der Waals surface area (Å²) >= 11 is 0. The lowest BCUT2D eigenvalue weighted by molar-refractivity contribution is -0.145. The Morgan fingerprint density at radius 2 is 1.65 bits per heavy atom. The Kier molecular flexibility index (Phi) is 11.8. The molecule has 13 nitrogen and oxygen atoms in total. The van der Waals surface area contributed by atoms with Gasteiger partial charge in [0.1, 0.15) is 24.4 Å². The molecule has 0 saturated carbocycles. The van der Waals surface area contributed by atoms with Crippen molar-refractivity contribution in [3.8, 4) is 0 Å². The highest BCUT2D eigenvalue weighted by Gasteiger charge is 2.37. The highest BCUT2D eigenvalue weighted by atomic mass is 16.4. The van der Waals surface area contributed by atoms with Gasteiger partial charge in [-0.15, -0.1) is 0 Å². The van der Waals surface area contributed by atoms with Crippen molar-refractivity contribution in [3.63, 3.8) is 0 Å². The van der Waals surface area contributed by atoms with E-state index in [1.165, 1.54) is 4.90 Å². The molecule has 3 rings (SSSR count). The fourth-order valence-corrected chi connectivity index (χ4v) is 5.19. The summed E-state index contributed by atoms with van der Waals surface area (Å²) in [5, 5.41) is 21.2. The van der Waals surface area contributed by atoms with E-state index in [1.54, 1.807) is 20.2 Å². The number of likely N-dealkylation sites (tertiary alicyclic amines) is 1. The van der Waals surface area contributed by atoms with Gasteiger partial charge in [0, 0.05) is 30.1 Å². The fraction of sp³-hybridized carbons (Fsp3) is 0.533. The van der Waals surface area contributed by atoms with Gasteiger partial charge in [0.05, 0.1) is 18.5 Å². The van der Waals surface area contributed by atoms with Crippen LogP contribution in [0.2, 0.25) is 0 Å². The minimum atomic E-state index is -1.45. The lowest BCUT2D eigenvalue weighted by Crippen LogP contribution is -2.59. The lowest BCUT2D eigenvalue weighted by Gasteiger charge is -2.28. The molecule has 1 aliphatic heterocycles. The van der Waals surface area contributed by atoms with Crippen LogP contribution < -0.4 is 21.3 Å². The second kappa shape index (κ2) is 15.3. The number of benzene rings is 1. The highest BCUT2D eigenvalue weighted by molar-refractivity contribution is 5.97. The summed E-state index contributed by atoms with van der Waals surface area (Å²) in [6.07, 6.45) is 3.02. The number of carbonyl (C=O) groups excluding carboxylic acids is 5. The number of para-hydroxylation sites is 1. The van der Waals surface area contributed by atoms with Crippen LogP contribution in [0.15, 0.2) is 30.5 Å². The molecule has 1 saturated heterocycles. The number of H-pyrrole nitrogens is 1. The van der Waals surface area contributed by atoms with Crippen LogP contribution in [0.1, 0.15) is 52.0 Å². The van der Waals surface area contributed by atoms with Crippen molar-refractivity contribution >= 4 is 46.8 Å². The van der Waals surface area contributed by atoms with E-state index >= 15 is 0 Å². The van der Waals surface area contributed by atoms with Crippen LogP contribution in [0.4, 0.5) is 0 Å². The standard InChI is InChI=1S/C30H42N6O7/c1-17(2)12-23(33-27(40)18(3)31-4)28(41)34-24(13-19-15-32-22-10-6-5-9-21(19)22)29(42)35-25(14-26(38)39)30(43)36-11-7-8-20(36)16-37/h5-6,9-10,15-18,20,23-25,31-32H,7-8,11-14H2,1-4H3,(H,33,40)(H,34,41)(H,35,42)(H,38,39)/t18-,20+,23+,24-,25-/m1/s1. The molecule has 1 aromatic heterocycles. The molecule has 0 spiro atoms. The van der Waals surface area contributed by atoms with Gasteiger partial charge < -0.3 is 41.1 Å². The molecule has 1 fully saturated rings. The lowest BCUT2D eigenvalue weighted by atomic mass is 10.00. The molecule has 2 heterocycles. The van der Waals surface area contributed by atoms with E-state index in [0.29, 0.717) is 31.1 Å². The summed E-state index contributed by atoms with van der Waals surface area (Å²) in [7, 11) is 1.62. The zero-order valence-electron chi connectivity index (χ0n) is 25.0. The van der Waals surface area contributed by atoms with Gasteiger partial charge in [-0.3, -0.25) is 24.0 Å². The predicted octanol–water partition coefficient (Wildman–Crippen LogP) is 0.483. The second-order valence-electron chi connectivity index (χ2n) is 11.4. The van der Waals surface area contributed by atoms with E-state index in [9.17, 15) is 33.9 Å². The molecular weight excluding hydrogens is 556 g/mol. The molecule has 4 amide bonds. The summed E-state index contributed by atoms with van der Waals surface area (Å²) in [5.74, 6) is -3.69. The number of nitrogens with zero attached hydrogens (tertiary/aromatic N) is 1. The third kappa shape index (κ3) is 8.87. The summed E-state index contributed by atoms with van der Waals surface area (Å²) in [4.78, 5) is 80.9. The number of aliphatic carboxylic acids is 1. The van der Waals surface area contributed by atoms with Crippen LogP contribution in [0.3, 0.4) is 0 Å². The van der Waals surface area contributed by atoms with E-state index in [1.807, 2.05) is 38.1 Å². The van der Waals surface area contributed by atoms with E-state index < -0.39 is 60.3 Å². The number of carbonyl (C=O) groups is 6. The Morgan fingerprint density at radius 1 is 1.00 bits per heavy atom. The van der Waals surface area contributed by atoms with Crippen molar-refractivity contribution in [2.45, 2.75) is 83.1 Å². The molecule has 6 N–H and O–H groups in total. The number of carboxylic acid groups (broad SMARTS) is 1. The minimum absolute atomic E-state index is 0.0194. The molecule has 1 aromatic carbocycles. The number of amides is 4. The zero-order valence-corrected chi connectivity index (χ0v) is 25.0. The maximum atomic E-state index is 13.8. The van der Waals surface area contributed by atoms with Gasteiger partial charge in [-0.05, 0) is 50.8 Å². The normalized spacial score (nSPS) is 17.6. The van der Waals surface area contributed by atoms with E-state index in [4.69, 9.17) is 0 Å². The third-order valence-corrected chi connectivity index (χ3v) is 7.63. The Labute approximate surface area is 250 Å². The topological polar surface area (TPSA) is 190 Å². The third-order valence-electron chi connectivity index (χ3n) is 7.63. The van der Waals surface area contributed by atoms with Gasteiger partial charge in [0.15, 0.2) is 0 Å². The average molecular weight is 599 g/mol. The van der Waals surface area contributed by atoms with Crippen molar-refractivity contribution in [1.82, 2.24) is 31.2 Å². The van der Waals surface area contributed by atoms with Crippen LogP contribution in [0.5, 0.6) is 0 Å². The van der Waals surface area contributed by atoms with Crippen LogP contribution in [-0.2, 0) is 35.2 Å². The number of nitrogens with one attached hydrogen (secondary N) is 5. The molecule has 0 bridgehead atoms. The number of hydrogen-bond donors (Lipinski definition) is 6. The first-order valence-electron chi connectivity index (χ1n) is 14.6. The van der Waals surface area contributed by atoms with Crippen LogP contribution in [0, 0.1) is 5.92 Å². The Balaban J connectivity index is 1.90. The van der Waals surface area contributed by atoms with Crippen LogP contribution >= 0.6 is 0 Å². The van der Waals surface area contributed by atoms with E-state index in [2.05, 4.69) is 26.3 Å². The van der Waals surface area contributed by atoms with Gasteiger partial charge in [0.25, 0.3) is 0 Å². The van der Waals surface area contributed by atoms with Gasteiger partial charge in [-0.1, -0.05) is 32.0 Å². The first kappa shape index (κ1) is 33.2.